The molecular weight excluding hydrogens is 260 g/mol. The fourth-order valence-corrected chi connectivity index (χ4v) is 2.85. The number of benzene rings is 1. The van der Waals surface area contributed by atoms with Crippen LogP contribution in [0.4, 0.5) is 11.4 Å². The van der Waals surface area contributed by atoms with E-state index in [2.05, 4.69) is 5.32 Å². The number of halogens is 1. The zero-order valence-electron chi connectivity index (χ0n) is 11.6. The first-order chi connectivity index (χ1) is 9.06. The standard InChI is InChI=1S/C15H21ClN2O/c1-18(2)14-8-7-12(16)10-13(14)17-15(19)9-11-5-3-4-6-11/h7-8,10-11H,3-6,9H2,1-2H3,(H,17,19). The molecule has 1 fully saturated rings. The van der Waals surface area contributed by atoms with Gasteiger partial charge in [0, 0.05) is 25.5 Å². The van der Waals surface area contributed by atoms with Crippen molar-refractivity contribution in [3.8, 4) is 0 Å². The number of nitrogens with one attached hydrogen (secondary N) is 1. The normalized spacial score (nSPS) is 15.5. The van der Waals surface area contributed by atoms with Gasteiger partial charge in [-0.15, -0.1) is 0 Å². The lowest BCUT2D eigenvalue weighted by Crippen LogP contribution is -2.18. The molecule has 104 valence electrons. The number of hydrogen-bond donors (Lipinski definition) is 1. The van der Waals surface area contributed by atoms with Crippen LogP contribution in [0.5, 0.6) is 0 Å². The van der Waals surface area contributed by atoms with Crippen LogP contribution < -0.4 is 10.2 Å². The molecule has 0 spiro atoms. The van der Waals surface area contributed by atoms with Crippen LogP contribution in [0, 0.1) is 5.92 Å². The number of amides is 1. The Hall–Kier alpha value is -1.22. The number of rotatable bonds is 4. The van der Waals surface area contributed by atoms with E-state index in [9.17, 15) is 4.79 Å². The summed E-state index contributed by atoms with van der Waals surface area (Å²) in [6, 6.07) is 5.57. The molecule has 0 saturated heterocycles. The molecule has 0 aliphatic heterocycles. The van der Waals surface area contributed by atoms with Crippen molar-refractivity contribution in [1.82, 2.24) is 0 Å². The first-order valence-electron chi connectivity index (χ1n) is 6.83. The Labute approximate surface area is 119 Å². The van der Waals surface area contributed by atoms with Gasteiger partial charge in [-0.1, -0.05) is 24.4 Å². The first kappa shape index (κ1) is 14.2. The number of carbonyl (C=O) groups excluding carboxylic acids is 1. The van der Waals surface area contributed by atoms with Crippen LogP contribution >= 0.6 is 11.6 Å². The van der Waals surface area contributed by atoms with Crippen molar-refractivity contribution in [3.05, 3.63) is 23.2 Å². The average Bonchev–Trinajstić information content (AvgIpc) is 2.81. The Bertz CT molecular complexity index is 453. The molecule has 0 atom stereocenters. The maximum Gasteiger partial charge on any atom is 0.224 e. The van der Waals surface area contributed by atoms with Gasteiger partial charge >= 0.3 is 0 Å². The monoisotopic (exact) mass is 280 g/mol. The van der Waals surface area contributed by atoms with Gasteiger partial charge in [0.15, 0.2) is 0 Å². The van der Waals surface area contributed by atoms with Crippen molar-refractivity contribution in [2.45, 2.75) is 32.1 Å². The molecule has 1 saturated carbocycles. The summed E-state index contributed by atoms with van der Waals surface area (Å²) in [5.41, 5.74) is 1.77. The quantitative estimate of drug-likeness (QED) is 0.906. The fourth-order valence-electron chi connectivity index (χ4n) is 2.68. The summed E-state index contributed by atoms with van der Waals surface area (Å²) in [5.74, 6) is 0.652. The molecule has 0 unspecified atom stereocenters. The van der Waals surface area contributed by atoms with Gasteiger partial charge in [-0.05, 0) is 37.0 Å². The predicted octanol–water partition coefficient (Wildman–Crippen LogP) is 3.92. The lowest BCUT2D eigenvalue weighted by molar-refractivity contribution is -0.117. The highest BCUT2D eigenvalue weighted by atomic mass is 35.5. The topological polar surface area (TPSA) is 32.3 Å². The van der Waals surface area contributed by atoms with E-state index in [1.54, 1.807) is 0 Å². The van der Waals surface area contributed by atoms with Crippen molar-refractivity contribution < 1.29 is 4.79 Å². The highest BCUT2D eigenvalue weighted by molar-refractivity contribution is 6.31. The summed E-state index contributed by atoms with van der Waals surface area (Å²) in [6.45, 7) is 0. The van der Waals surface area contributed by atoms with Gasteiger partial charge in [-0.25, -0.2) is 0 Å². The molecule has 1 amide bonds. The second kappa shape index (κ2) is 6.29. The average molecular weight is 281 g/mol. The molecule has 19 heavy (non-hydrogen) atoms. The third-order valence-corrected chi connectivity index (χ3v) is 3.90. The SMILES string of the molecule is CN(C)c1ccc(Cl)cc1NC(=O)CC1CCCC1. The zero-order chi connectivity index (χ0) is 13.8. The van der Waals surface area contributed by atoms with Gasteiger partial charge in [0.25, 0.3) is 0 Å². The molecule has 4 heteroatoms. The van der Waals surface area contributed by atoms with Gasteiger partial charge < -0.3 is 10.2 Å². The highest BCUT2D eigenvalue weighted by Gasteiger charge is 2.19. The molecule has 2 rings (SSSR count). The van der Waals surface area contributed by atoms with Crippen molar-refractivity contribution >= 4 is 28.9 Å². The summed E-state index contributed by atoms with van der Waals surface area (Å²) in [7, 11) is 3.91. The van der Waals surface area contributed by atoms with Gasteiger partial charge in [-0.3, -0.25) is 4.79 Å². The van der Waals surface area contributed by atoms with E-state index in [0.29, 0.717) is 17.4 Å². The largest absolute Gasteiger partial charge is 0.376 e. The number of carbonyl (C=O) groups is 1. The minimum Gasteiger partial charge on any atom is -0.376 e. The van der Waals surface area contributed by atoms with Crippen LogP contribution in [0.3, 0.4) is 0 Å². The molecule has 0 aromatic heterocycles. The van der Waals surface area contributed by atoms with Gasteiger partial charge in [-0.2, -0.15) is 0 Å². The van der Waals surface area contributed by atoms with Gasteiger partial charge in [0.05, 0.1) is 11.4 Å². The van der Waals surface area contributed by atoms with E-state index >= 15 is 0 Å². The van der Waals surface area contributed by atoms with Gasteiger partial charge in [0.2, 0.25) is 5.91 Å². The molecule has 0 bridgehead atoms. The Kier molecular flexibility index (Phi) is 4.70. The Morgan fingerprint density at radius 1 is 1.37 bits per heavy atom. The molecule has 1 aromatic rings. The summed E-state index contributed by atoms with van der Waals surface area (Å²) in [5, 5.41) is 3.64. The van der Waals surface area contributed by atoms with E-state index in [0.717, 1.165) is 11.4 Å². The Morgan fingerprint density at radius 2 is 2.05 bits per heavy atom. The molecule has 0 radical (unpaired) electrons. The second-order valence-corrected chi connectivity index (χ2v) is 5.90. The minimum atomic E-state index is 0.0947. The van der Waals surface area contributed by atoms with Crippen molar-refractivity contribution in [2.24, 2.45) is 5.92 Å². The molecular formula is C15H21ClN2O. The van der Waals surface area contributed by atoms with Crippen molar-refractivity contribution in [3.63, 3.8) is 0 Å². The highest BCUT2D eigenvalue weighted by Crippen LogP contribution is 2.30. The lowest BCUT2D eigenvalue weighted by Gasteiger charge is -2.19. The predicted molar refractivity (Wildman–Crippen MR) is 81.0 cm³/mol. The Balaban J connectivity index is 2.04. The summed E-state index contributed by atoms with van der Waals surface area (Å²) in [6.07, 6.45) is 5.52. The van der Waals surface area contributed by atoms with Crippen molar-refractivity contribution in [1.29, 1.82) is 0 Å². The fraction of sp³-hybridized carbons (Fsp3) is 0.533. The van der Waals surface area contributed by atoms with Crippen LogP contribution in [0.2, 0.25) is 5.02 Å². The molecule has 1 aliphatic carbocycles. The van der Waals surface area contributed by atoms with Crippen molar-refractivity contribution in [2.75, 3.05) is 24.3 Å². The summed E-state index contributed by atoms with van der Waals surface area (Å²) >= 11 is 6.01. The number of hydrogen-bond acceptors (Lipinski definition) is 2. The maximum absolute atomic E-state index is 12.1. The second-order valence-electron chi connectivity index (χ2n) is 5.46. The van der Waals surface area contributed by atoms with Gasteiger partial charge in [0.1, 0.15) is 0 Å². The van der Waals surface area contributed by atoms with Crippen LogP contribution in [-0.4, -0.2) is 20.0 Å². The number of nitrogens with zero attached hydrogens (tertiary/aromatic N) is 1. The number of anilines is 2. The van der Waals surface area contributed by atoms with E-state index in [-0.39, 0.29) is 5.91 Å². The molecule has 3 nitrogen and oxygen atoms in total. The lowest BCUT2D eigenvalue weighted by atomic mass is 10.0. The smallest absolute Gasteiger partial charge is 0.224 e. The van der Waals surface area contributed by atoms with E-state index in [1.165, 1.54) is 25.7 Å². The maximum atomic E-state index is 12.1. The minimum absolute atomic E-state index is 0.0947. The van der Waals surface area contributed by atoms with Crippen LogP contribution in [0.25, 0.3) is 0 Å². The third-order valence-electron chi connectivity index (χ3n) is 3.66. The van der Waals surface area contributed by atoms with E-state index in [1.807, 2.05) is 37.2 Å². The van der Waals surface area contributed by atoms with Crippen LogP contribution in [-0.2, 0) is 4.79 Å². The molecule has 0 heterocycles. The van der Waals surface area contributed by atoms with E-state index < -0.39 is 0 Å². The Morgan fingerprint density at radius 3 is 2.68 bits per heavy atom. The molecule has 1 N–H and O–H groups in total. The van der Waals surface area contributed by atoms with E-state index in [4.69, 9.17) is 11.6 Å². The summed E-state index contributed by atoms with van der Waals surface area (Å²) < 4.78 is 0. The van der Waals surface area contributed by atoms with Crippen LogP contribution in [0.1, 0.15) is 32.1 Å². The summed E-state index contributed by atoms with van der Waals surface area (Å²) in [4.78, 5) is 14.1. The third kappa shape index (κ3) is 3.87. The zero-order valence-corrected chi connectivity index (χ0v) is 12.3. The first-order valence-corrected chi connectivity index (χ1v) is 7.21. The molecule has 1 aliphatic rings. The van der Waals surface area contributed by atoms with Crippen LogP contribution in [0.15, 0.2) is 18.2 Å². The molecule has 1 aromatic carbocycles.